The van der Waals surface area contributed by atoms with Crippen LogP contribution in [0, 0.1) is 5.82 Å². The van der Waals surface area contributed by atoms with Gasteiger partial charge in [-0.25, -0.2) is 4.39 Å². The fraction of sp³-hybridized carbons (Fsp3) is 0.500. The van der Waals surface area contributed by atoms with Crippen molar-refractivity contribution in [2.24, 2.45) is 0 Å². The number of hydrogen-bond acceptors (Lipinski definition) is 1. The molecule has 0 bridgehead atoms. The van der Waals surface area contributed by atoms with E-state index in [1.54, 1.807) is 0 Å². The van der Waals surface area contributed by atoms with Crippen molar-refractivity contribution in [2.75, 3.05) is 0 Å². The van der Waals surface area contributed by atoms with Crippen molar-refractivity contribution in [3.8, 4) is 0 Å². The van der Waals surface area contributed by atoms with Gasteiger partial charge < -0.3 is 5.32 Å². The van der Waals surface area contributed by atoms with Gasteiger partial charge in [-0.1, -0.05) is 43.4 Å². The molecule has 1 saturated carbocycles. The van der Waals surface area contributed by atoms with Crippen LogP contribution in [-0.2, 0) is 0 Å². The van der Waals surface area contributed by atoms with Crippen LogP contribution in [0.25, 0.3) is 0 Å². The smallest absolute Gasteiger partial charge is 0.255 e. The van der Waals surface area contributed by atoms with Crippen molar-refractivity contribution in [3.05, 3.63) is 34.6 Å². The molecule has 0 aliphatic heterocycles. The molecule has 0 saturated heterocycles. The van der Waals surface area contributed by atoms with Gasteiger partial charge in [0.05, 0.1) is 10.6 Å². The summed E-state index contributed by atoms with van der Waals surface area (Å²) in [7, 11) is 0. The highest BCUT2D eigenvalue weighted by molar-refractivity contribution is 6.33. The quantitative estimate of drug-likeness (QED) is 0.810. The number of rotatable bonds is 2. The Hall–Kier alpha value is -1.09. The van der Waals surface area contributed by atoms with E-state index in [1.807, 2.05) is 0 Å². The monoisotopic (exact) mass is 269 g/mol. The third-order valence-corrected chi connectivity index (χ3v) is 3.70. The van der Waals surface area contributed by atoms with E-state index in [2.05, 4.69) is 5.32 Å². The van der Waals surface area contributed by atoms with Crippen LogP contribution >= 0.6 is 11.6 Å². The fourth-order valence-corrected chi connectivity index (χ4v) is 2.64. The maximum absolute atomic E-state index is 13.6. The van der Waals surface area contributed by atoms with Crippen molar-refractivity contribution < 1.29 is 9.18 Å². The summed E-state index contributed by atoms with van der Waals surface area (Å²) in [6, 6.07) is 4.44. The summed E-state index contributed by atoms with van der Waals surface area (Å²) in [6.07, 6.45) is 6.61. The molecule has 18 heavy (non-hydrogen) atoms. The van der Waals surface area contributed by atoms with Crippen molar-refractivity contribution in [1.29, 1.82) is 0 Å². The van der Waals surface area contributed by atoms with Crippen LogP contribution < -0.4 is 5.32 Å². The molecular weight excluding hydrogens is 253 g/mol. The molecule has 0 atom stereocenters. The molecule has 2 nitrogen and oxygen atoms in total. The molecule has 0 heterocycles. The van der Waals surface area contributed by atoms with Gasteiger partial charge in [-0.3, -0.25) is 4.79 Å². The number of carbonyl (C=O) groups excluding carboxylic acids is 1. The summed E-state index contributed by atoms with van der Waals surface area (Å²) in [5.74, 6) is -0.960. The second kappa shape index (κ2) is 6.19. The number of nitrogens with one attached hydrogen (secondary N) is 1. The van der Waals surface area contributed by atoms with Gasteiger partial charge in [0.1, 0.15) is 5.82 Å². The number of carbonyl (C=O) groups is 1. The molecule has 0 unspecified atom stereocenters. The molecule has 1 aromatic carbocycles. The van der Waals surface area contributed by atoms with E-state index in [1.165, 1.54) is 31.0 Å². The fourth-order valence-electron chi connectivity index (χ4n) is 2.40. The molecule has 1 aliphatic carbocycles. The van der Waals surface area contributed by atoms with Crippen molar-refractivity contribution >= 4 is 17.5 Å². The molecule has 98 valence electrons. The number of hydrogen-bond donors (Lipinski definition) is 1. The summed E-state index contributed by atoms with van der Waals surface area (Å²) in [5.41, 5.74) is -0.0385. The Morgan fingerprint density at radius 3 is 2.50 bits per heavy atom. The van der Waals surface area contributed by atoms with Crippen molar-refractivity contribution in [2.45, 2.75) is 44.6 Å². The zero-order valence-electron chi connectivity index (χ0n) is 10.2. The maximum Gasteiger partial charge on any atom is 0.255 e. The average Bonchev–Trinajstić information content (AvgIpc) is 2.57. The van der Waals surface area contributed by atoms with E-state index in [0.717, 1.165) is 25.7 Å². The molecule has 1 N–H and O–H groups in total. The minimum atomic E-state index is -0.561. The summed E-state index contributed by atoms with van der Waals surface area (Å²) in [4.78, 5) is 12.0. The van der Waals surface area contributed by atoms with Gasteiger partial charge in [0.2, 0.25) is 0 Å². The minimum Gasteiger partial charge on any atom is -0.349 e. The van der Waals surface area contributed by atoms with E-state index in [4.69, 9.17) is 11.6 Å². The predicted molar refractivity (Wildman–Crippen MR) is 70.4 cm³/mol. The summed E-state index contributed by atoms with van der Waals surface area (Å²) < 4.78 is 13.6. The third kappa shape index (κ3) is 3.22. The Morgan fingerprint density at radius 2 is 1.89 bits per heavy atom. The molecule has 2 rings (SSSR count). The van der Waals surface area contributed by atoms with Crippen LogP contribution in [0.15, 0.2) is 18.2 Å². The zero-order valence-corrected chi connectivity index (χ0v) is 11.0. The van der Waals surface area contributed by atoms with Gasteiger partial charge in [-0.15, -0.1) is 0 Å². The molecule has 1 amide bonds. The average molecular weight is 270 g/mol. The Kier molecular flexibility index (Phi) is 4.59. The molecule has 1 aromatic rings. The van der Waals surface area contributed by atoms with Crippen molar-refractivity contribution in [3.63, 3.8) is 0 Å². The first kappa shape index (κ1) is 13.3. The lowest BCUT2D eigenvalue weighted by molar-refractivity contribution is 0.0929. The predicted octanol–water partition coefficient (Wildman–Crippen LogP) is 3.93. The minimum absolute atomic E-state index is 0.0385. The van der Waals surface area contributed by atoms with Crippen molar-refractivity contribution in [1.82, 2.24) is 5.32 Å². The Balaban J connectivity index is 2.07. The van der Waals surface area contributed by atoms with E-state index >= 15 is 0 Å². The normalized spacial score (nSPS) is 17.2. The van der Waals surface area contributed by atoms with Gasteiger partial charge >= 0.3 is 0 Å². The van der Waals surface area contributed by atoms with Gasteiger partial charge in [0.15, 0.2) is 0 Å². The van der Waals surface area contributed by atoms with Crippen LogP contribution in [0.2, 0.25) is 5.02 Å². The van der Waals surface area contributed by atoms with Gasteiger partial charge in [-0.05, 0) is 25.0 Å². The zero-order chi connectivity index (χ0) is 13.0. The Morgan fingerprint density at radius 1 is 1.22 bits per heavy atom. The second-order valence-electron chi connectivity index (χ2n) is 4.76. The van der Waals surface area contributed by atoms with Crippen LogP contribution in [0.3, 0.4) is 0 Å². The number of benzene rings is 1. The molecule has 1 aliphatic rings. The standard InChI is InChI=1S/C14H17ClFNO/c15-11-8-5-9-12(16)13(11)14(18)17-10-6-3-1-2-4-7-10/h5,8-10H,1-4,6-7H2,(H,17,18). The molecule has 0 aromatic heterocycles. The first-order valence-corrected chi connectivity index (χ1v) is 6.81. The first-order valence-electron chi connectivity index (χ1n) is 6.43. The lowest BCUT2D eigenvalue weighted by atomic mass is 10.1. The van der Waals surface area contributed by atoms with Crippen LogP contribution in [0.1, 0.15) is 48.9 Å². The third-order valence-electron chi connectivity index (χ3n) is 3.38. The van der Waals surface area contributed by atoms with Gasteiger partial charge in [-0.2, -0.15) is 0 Å². The molecule has 0 radical (unpaired) electrons. The SMILES string of the molecule is O=C(NC1CCCCCC1)c1c(F)cccc1Cl. The molecule has 4 heteroatoms. The molecule has 1 fully saturated rings. The lowest BCUT2D eigenvalue weighted by Crippen LogP contribution is -2.35. The Bertz CT molecular complexity index is 408. The van der Waals surface area contributed by atoms with Gasteiger partial charge in [0.25, 0.3) is 5.91 Å². The van der Waals surface area contributed by atoms with Gasteiger partial charge in [0, 0.05) is 6.04 Å². The van der Waals surface area contributed by atoms with E-state index in [0.29, 0.717) is 0 Å². The molecule has 0 spiro atoms. The summed E-state index contributed by atoms with van der Waals surface area (Å²) >= 11 is 5.87. The second-order valence-corrected chi connectivity index (χ2v) is 5.17. The first-order chi connectivity index (χ1) is 8.68. The lowest BCUT2D eigenvalue weighted by Gasteiger charge is -2.16. The Labute approximate surface area is 112 Å². The summed E-state index contributed by atoms with van der Waals surface area (Å²) in [6.45, 7) is 0. The number of amides is 1. The van der Waals surface area contributed by atoms with Crippen LogP contribution in [0.5, 0.6) is 0 Å². The van der Waals surface area contributed by atoms with Crippen LogP contribution in [0.4, 0.5) is 4.39 Å². The maximum atomic E-state index is 13.6. The van der Waals surface area contributed by atoms with Crippen LogP contribution in [-0.4, -0.2) is 11.9 Å². The highest BCUT2D eigenvalue weighted by atomic mass is 35.5. The van der Waals surface area contributed by atoms with E-state index < -0.39 is 11.7 Å². The number of halogens is 2. The largest absolute Gasteiger partial charge is 0.349 e. The summed E-state index contributed by atoms with van der Waals surface area (Å²) in [5, 5.41) is 3.06. The van der Waals surface area contributed by atoms with E-state index in [-0.39, 0.29) is 16.6 Å². The highest BCUT2D eigenvalue weighted by Crippen LogP contribution is 2.21. The molecular formula is C14H17ClFNO. The van der Waals surface area contributed by atoms with E-state index in [9.17, 15) is 9.18 Å². The topological polar surface area (TPSA) is 29.1 Å². The highest BCUT2D eigenvalue weighted by Gasteiger charge is 2.20.